The molecule has 1 aromatic rings. The summed E-state index contributed by atoms with van der Waals surface area (Å²) in [6.45, 7) is 4.61. The molecule has 0 bridgehead atoms. The lowest BCUT2D eigenvalue weighted by Crippen LogP contribution is -2.35. The monoisotopic (exact) mass is 290 g/mol. The van der Waals surface area contributed by atoms with E-state index in [1.807, 2.05) is 29.2 Å². The van der Waals surface area contributed by atoms with E-state index in [0.717, 1.165) is 43.2 Å². The van der Waals surface area contributed by atoms with Gasteiger partial charge < -0.3 is 15.4 Å². The first-order chi connectivity index (χ1) is 10.2. The van der Waals surface area contributed by atoms with E-state index >= 15 is 0 Å². The van der Waals surface area contributed by atoms with Gasteiger partial charge in [-0.05, 0) is 42.9 Å². The molecular formula is C17H26N2O2. The van der Waals surface area contributed by atoms with Crippen molar-refractivity contribution >= 4 is 5.91 Å². The zero-order valence-electron chi connectivity index (χ0n) is 12.9. The molecule has 1 fully saturated rings. The summed E-state index contributed by atoms with van der Waals surface area (Å²) < 4.78 is 5.58. The van der Waals surface area contributed by atoms with Gasteiger partial charge in [0, 0.05) is 19.6 Å². The van der Waals surface area contributed by atoms with Gasteiger partial charge in [-0.2, -0.15) is 0 Å². The van der Waals surface area contributed by atoms with Gasteiger partial charge in [0.1, 0.15) is 5.75 Å². The van der Waals surface area contributed by atoms with Gasteiger partial charge in [0.05, 0.1) is 0 Å². The van der Waals surface area contributed by atoms with Gasteiger partial charge in [-0.15, -0.1) is 0 Å². The van der Waals surface area contributed by atoms with Crippen molar-refractivity contribution in [2.45, 2.75) is 39.2 Å². The molecule has 1 aliphatic rings. The van der Waals surface area contributed by atoms with E-state index in [1.165, 1.54) is 12.8 Å². The number of hydrogen-bond acceptors (Lipinski definition) is 3. The summed E-state index contributed by atoms with van der Waals surface area (Å²) in [5.41, 5.74) is 6.62. The van der Waals surface area contributed by atoms with Crippen LogP contribution >= 0.6 is 0 Å². The van der Waals surface area contributed by atoms with E-state index in [-0.39, 0.29) is 12.5 Å². The first-order valence-corrected chi connectivity index (χ1v) is 7.92. The van der Waals surface area contributed by atoms with Crippen LogP contribution in [0.25, 0.3) is 0 Å². The highest BCUT2D eigenvalue weighted by atomic mass is 16.5. The highest BCUT2D eigenvalue weighted by Gasteiger charge is 2.19. The average Bonchev–Trinajstić information content (AvgIpc) is 2.78. The van der Waals surface area contributed by atoms with Crippen LogP contribution in [0, 0.1) is 5.92 Å². The van der Waals surface area contributed by atoms with Crippen molar-refractivity contribution < 1.29 is 9.53 Å². The standard InChI is InChI=1S/C17H26N2O2/c1-2-14-4-3-10-19(11-9-14)17(20)13-21-16-7-5-15(12-18)6-8-16/h5-8,14H,2-4,9-13,18H2,1H3. The third-order valence-electron chi connectivity index (χ3n) is 4.30. The number of ether oxygens (including phenoxy) is 1. The quantitative estimate of drug-likeness (QED) is 0.906. The average molecular weight is 290 g/mol. The molecule has 1 heterocycles. The number of nitrogens with two attached hydrogens (primary N) is 1. The molecule has 4 nitrogen and oxygen atoms in total. The third-order valence-corrected chi connectivity index (χ3v) is 4.30. The van der Waals surface area contributed by atoms with Crippen molar-refractivity contribution in [3.05, 3.63) is 29.8 Å². The second-order valence-electron chi connectivity index (χ2n) is 5.72. The van der Waals surface area contributed by atoms with E-state index < -0.39 is 0 Å². The van der Waals surface area contributed by atoms with Crippen LogP contribution in [0.15, 0.2) is 24.3 Å². The van der Waals surface area contributed by atoms with Gasteiger partial charge in [-0.3, -0.25) is 4.79 Å². The number of benzene rings is 1. The minimum Gasteiger partial charge on any atom is -0.484 e. The molecule has 0 radical (unpaired) electrons. The predicted octanol–water partition coefficient (Wildman–Crippen LogP) is 2.56. The molecule has 0 saturated carbocycles. The maximum Gasteiger partial charge on any atom is 0.260 e. The molecule has 2 rings (SSSR count). The van der Waals surface area contributed by atoms with Crippen LogP contribution in [0.1, 0.15) is 38.2 Å². The molecule has 1 aliphatic heterocycles. The first-order valence-electron chi connectivity index (χ1n) is 7.92. The first kappa shape index (κ1) is 15.8. The van der Waals surface area contributed by atoms with Gasteiger partial charge in [-0.25, -0.2) is 0 Å². The highest BCUT2D eigenvalue weighted by molar-refractivity contribution is 5.77. The molecular weight excluding hydrogens is 264 g/mol. The lowest BCUT2D eigenvalue weighted by atomic mass is 9.98. The van der Waals surface area contributed by atoms with Crippen LogP contribution in [-0.4, -0.2) is 30.5 Å². The van der Waals surface area contributed by atoms with E-state index in [9.17, 15) is 4.79 Å². The fourth-order valence-electron chi connectivity index (χ4n) is 2.78. The topological polar surface area (TPSA) is 55.6 Å². The van der Waals surface area contributed by atoms with Crippen molar-refractivity contribution in [3.63, 3.8) is 0 Å². The molecule has 21 heavy (non-hydrogen) atoms. The summed E-state index contributed by atoms with van der Waals surface area (Å²) in [5, 5.41) is 0. The van der Waals surface area contributed by atoms with Gasteiger partial charge >= 0.3 is 0 Å². The lowest BCUT2D eigenvalue weighted by Gasteiger charge is -2.20. The number of carbonyl (C=O) groups is 1. The molecule has 1 saturated heterocycles. The molecule has 4 heteroatoms. The van der Waals surface area contributed by atoms with Gasteiger partial charge in [0.2, 0.25) is 0 Å². The largest absolute Gasteiger partial charge is 0.484 e. The summed E-state index contributed by atoms with van der Waals surface area (Å²) in [4.78, 5) is 14.2. The zero-order chi connectivity index (χ0) is 15.1. The fourth-order valence-corrected chi connectivity index (χ4v) is 2.78. The van der Waals surface area contributed by atoms with Gasteiger partial charge in [0.15, 0.2) is 6.61 Å². The van der Waals surface area contributed by atoms with Crippen LogP contribution in [0.4, 0.5) is 0 Å². The maximum absolute atomic E-state index is 12.2. The molecule has 116 valence electrons. The second kappa shape index (κ2) is 8.03. The van der Waals surface area contributed by atoms with E-state index in [4.69, 9.17) is 10.5 Å². The normalized spacial score (nSPS) is 19.1. The Morgan fingerprint density at radius 3 is 2.71 bits per heavy atom. The molecule has 1 aromatic carbocycles. The van der Waals surface area contributed by atoms with Crippen molar-refractivity contribution in [1.29, 1.82) is 0 Å². The Morgan fingerprint density at radius 2 is 2.05 bits per heavy atom. The van der Waals surface area contributed by atoms with E-state index in [0.29, 0.717) is 6.54 Å². The number of amides is 1. The minimum atomic E-state index is 0.0923. The molecule has 0 aliphatic carbocycles. The Labute approximate surface area is 127 Å². The maximum atomic E-state index is 12.2. The summed E-state index contributed by atoms with van der Waals surface area (Å²) in [5.74, 6) is 1.59. The Balaban J connectivity index is 1.80. The Morgan fingerprint density at radius 1 is 1.29 bits per heavy atom. The molecule has 0 aromatic heterocycles. The summed E-state index contributed by atoms with van der Waals surface area (Å²) in [7, 11) is 0. The third kappa shape index (κ3) is 4.74. The number of carbonyl (C=O) groups excluding carboxylic acids is 1. The van der Waals surface area contributed by atoms with E-state index in [1.54, 1.807) is 0 Å². The van der Waals surface area contributed by atoms with Crippen molar-refractivity contribution in [1.82, 2.24) is 4.90 Å². The Bertz CT molecular complexity index is 445. The summed E-state index contributed by atoms with van der Waals surface area (Å²) >= 11 is 0. The summed E-state index contributed by atoms with van der Waals surface area (Å²) in [6, 6.07) is 7.59. The van der Waals surface area contributed by atoms with Crippen LogP contribution in [-0.2, 0) is 11.3 Å². The van der Waals surface area contributed by atoms with Crippen LogP contribution in [0.3, 0.4) is 0 Å². The second-order valence-corrected chi connectivity index (χ2v) is 5.72. The molecule has 1 atom stereocenters. The smallest absolute Gasteiger partial charge is 0.260 e. The highest BCUT2D eigenvalue weighted by Crippen LogP contribution is 2.20. The minimum absolute atomic E-state index is 0.0923. The Hall–Kier alpha value is -1.55. The predicted molar refractivity (Wildman–Crippen MR) is 84.0 cm³/mol. The molecule has 1 unspecified atom stereocenters. The van der Waals surface area contributed by atoms with Gasteiger partial charge in [0.25, 0.3) is 5.91 Å². The van der Waals surface area contributed by atoms with Crippen LogP contribution in [0.2, 0.25) is 0 Å². The van der Waals surface area contributed by atoms with E-state index in [2.05, 4.69) is 6.92 Å². The fraction of sp³-hybridized carbons (Fsp3) is 0.588. The molecule has 1 amide bonds. The van der Waals surface area contributed by atoms with Crippen LogP contribution in [0.5, 0.6) is 5.75 Å². The number of rotatable bonds is 5. The number of hydrogen-bond donors (Lipinski definition) is 1. The molecule has 0 spiro atoms. The number of nitrogens with zero attached hydrogens (tertiary/aromatic N) is 1. The lowest BCUT2D eigenvalue weighted by molar-refractivity contribution is -0.133. The Kier molecular flexibility index (Phi) is 6.05. The van der Waals surface area contributed by atoms with Crippen molar-refractivity contribution in [2.75, 3.05) is 19.7 Å². The molecule has 2 N–H and O–H groups in total. The van der Waals surface area contributed by atoms with Crippen molar-refractivity contribution in [3.8, 4) is 5.75 Å². The summed E-state index contributed by atoms with van der Waals surface area (Å²) in [6.07, 6.45) is 4.68. The number of likely N-dealkylation sites (tertiary alicyclic amines) is 1. The SMILES string of the molecule is CCC1CCCN(C(=O)COc2ccc(CN)cc2)CC1. The zero-order valence-corrected chi connectivity index (χ0v) is 12.9. The van der Waals surface area contributed by atoms with Gasteiger partial charge in [-0.1, -0.05) is 25.5 Å². The van der Waals surface area contributed by atoms with Crippen molar-refractivity contribution in [2.24, 2.45) is 11.7 Å². The van der Waals surface area contributed by atoms with Crippen LogP contribution < -0.4 is 10.5 Å².